The molecular formula is C18H18N2O3. The third-order valence-corrected chi connectivity index (χ3v) is 3.67. The van der Waals surface area contributed by atoms with E-state index in [0.29, 0.717) is 5.56 Å². The summed E-state index contributed by atoms with van der Waals surface area (Å²) in [5.41, 5.74) is 2.95. The zero-order chi connectivity index (χ0) is 16.2. The van der Waals surface area contributed by atoms with Crippen molar-refractivity contribution < 1.29 is 14.3 Å². The molecule has 1 saturated carbocycles. The highest BCUT2D eigenvalue weighted by Crippen LogP contribution is 2.30. The number of hydrogen-bond donors (Lipinski definition) is 2. The molecule has 0 radical (unpaired) electrons. The van der Waals surface area contributed by atoms with Gasteiger partial charge in [0.25, 0.3) is 0 Å². The Labute approximate surface area is 134 Å². The Hall–Kier alpha value is -2.82. The largest absolute Gasteiger partial charge is 0.465 e. The van der Waals surface area contributed by atoms with Crippen LogP contribution in [0, 0.1) is 5.92 Å². The van der Waals surface area contributed by atoms with Crippen LogP contribution >= 0.6 is 0 Å². The first-order valence-corrected chi connectivity index (χ1v) is 7.52. The minimum Gasteiger partial charge on any atom is -0.465 e. The molecule has 0 spiro atoms. The van der Waals surface area contributed by atoms with Gasteiger partial charge in [-0.25, -0.2) is 4.79 Å². The quantitative estimate of drug-likeness (QED) is 0.829. The van der Waals surface area contributed by atoms with Crippen LogP contribution in [-0.4, -0.2) is 19.0 Å². The molecule has 0 unspecified atom stereocenters. The summed E-state index contributed by atoms with van der Waals surface area (Å²) in [6.45, 7) is 0. The summed E-state index contributed by atoms with van der Waals surface area (Å²) in [5, 5.41) is 6.12. The number of amides is 1. The van der Waals surface area contributed by atoms with Gasteiger partial charge in [-0.1, -0.05) is 6.07 Å². The van der Waals surface area contributed by atoms with Gasteiger partial charge in [0, 0.05) is 23.0 Å². The molecule has 5 nitrogen and oxygen atoms in total. The summed E-state index contributed by atoms with van der Waals surface area (Å²) in [6, 6.07) is 14.6. The molecule has 0 saturated heterocycles. The first-order chi connectivity index (χ1) is 11.2. The van der Waals surface area contributed by atoms with E-state index in [2.05, 4.69) is 10.6 Å². The molecule has 2 aromatic carbocycles. The van der Waals surface area contributed by atoms with E-state index in [1.165, 1.54) is 7.11 Å². The Balaban J connectivity index is 1.65. The molecule has 1 aliphatic carbocycles. The number of carbonyl (C=O) groups is 2. The average Bonchev–Trinajstić information content (AvgIpc) is 3.41. The van der Waals surface area contributed by atoms with Gasteiger partial charge in [0.2, 0.25) is 5.91 Å². The summed E-state index contributed by atoms with van der Waals surface area (Å²) >= 11 is 0. The minimum atomic E-state index is -0.369. The monoisotopic (exact) mass is 310 g/mol. The SMILES string of the molecule is COC(=O)c1cccc(Nc2ccc(NC(=O)C3CC3)cc2)c1. The van der Waals surface area contributed by atoms with Crippen LogP contribution in [0.2, 0.25) is 0 Å². The smallest absolute Gasteiger partial charge is 0.337 e. The first-order valence-electron chi connectivity index (χ1n) is 7.52. The van der Waals surface area contributed by atoms with Crippen molar-refractivity contribution in [2.45, 2.75) is 12.8 Å². The van der Waals surface area contributed by atoms with Crippen molar-refractivity contribution in [2.24, 2.45) is 5.92 Å². The molecule has 118 valence electrons. The molecule has 2 N–H and O–H groups in total. The van der Waals surface area contributed by atoms with E-state index < -0.39 is 0 Å². The van der Waals surface area contributed by atoms with Crippen LogP contribution in [0.4, 0.5) is 17.1 Å². The van der Waals surface area contributed by atoms with Gasteiger partial charge in [-0.05, 0) is 55.3 Å². The number of methoxy groups -OCH3 is 1. The maximum absolute atomic E-state index is 11.7. The standard InChI is InChI=1S/C18H18N2O3/c1-23-18(22)13-3-2-4-16(11-13)19-14-7-9-15(10-8-14)20-17(21)12-5-6-12/h2-4,7-12,19H,5-6H2,1H3,(H,20,21). The number of anilines is 3. The molecule has 0 bridgehead atoms. The van der Waals surface area contributed by atoms with Gasteiger partial charge in [0.05, 0.1) is 12.7 Å². The fourth-order valence-corrected chi connectivity index (χ4v) is 2.24. The van der Waals surface area contributed by atoms with Gasteiger partial charge in [-0.3, -0.25) is 4.79 Å². The summed E-state index contributed by atoms with van der Waals surface area (Å²) in [4.78, 5) is 23.2. The van der Waals surface area contributed by atoms with E-state index >= 15 is 0 Å². The van der Waals surface area contributed by atoms with Gasteiger partial charge in [0.15, 0.2) is 0 Å². The zero-order valence-electron chi connectivity index (χ0n) is 12.8. The van der Waals surface area contributed by atoms with Crippen molar-refractivity contribution in [2.75, 3.05) is 17.7 Å². The van der Waals surface area contributed by atoms with Crippen molar-refractivity contribution in [3.63, 3.8) is 0 Å². The second-order valence-corrected chi connectivity index (χ2v) is 5.54. The molecule has 0 atom stereocenters. The molecule has 1 aliphatic rings. The van der Waals surface area contributed by atoms with Crippen molar-refractivity contribution in [1.29, 1.82) is 0 Å². The minimum absolute atomic E-state index is 0.0940. The number of ether oxygens (including phenoxy) is 1. The lowest BCUT2D eigenvalue weighted by molar-refractivity contribution is -0.117. The highest BCUT2D eigenvalue weighted by molar-refractivity contribution is 5.94. The average molecular weight is 310 g/mol. The lowest BCUT2D eigenvalue weighted by Crippen LogP contribution is -2.13. The van der Waals surface area contributed by atoms with E-state index in [0.717, 1.165) is 29.9 Å². The Morgan fingerprint density at radius 2 is 1.70 bits per heavy atom. The molecular weight excluding hydrogens is 292 g/mol. The molecule has 5 heteroatoms. The zero-order valence-corrected chi connectivity index (χ0v) is 12.8. The summed E-state index contributed by atoms with van der Waals surface area (Å²) in [6.07, 6.45) is 1.98. The molecule has 0 heterocycles. The number of carbonyl (C=O) groups excluding carboxylic acids is 2. The summed E-state index contributed by atoms with van der Waals surface area (Å²) < 4.78 is 4.71. The van der Waals surface area contributed by atoms with Gasteiger partial charge < -0.3 is 15.4 Å². The van der Waals surface area contributed by atoms with Crippen LogP contribution in [0.5, 0.6) is 0 Å². The van der Waals surface area contributed by atoms with Crippen LogP contribution in [0.3, 0.4) is 0 Å². The summed E-state index contributed by atoms with van der Waals surface area (Å²) in [5.74, 6) is -0.0860. The Morgan fingerprint density at radius 3 is 2.35 bits per heavy atom. The predicted octanol–water partition coefficient (Wildman–Crippen LogP) is 3.57. The third kappa shape index (κ3) is 3.88. The maximum atomic E-state index is 11.7. The van der Waals surface area contributed by atoms with Crippen LogP contribution < -0.4 is 10.6 Å². The fraction of sp³-hybridized carbons (Fsp3) is 0.222. The highest BCUT2D eigenvalue weighted by Gasteiger charge is 2.29. The fourth-order valence-electron chi connectivity index (χ4n) is 2.24. The van der Waals surface area contributed by atoms with E-state index in [4.69, 9.17) is 4.74 Å². The van der Waals surface area contributed by atoms with Crippen molar-refractivity contribution in [1.82, 2.24) is 0 Å². The third-order valence-electron chi connectivity index (χ3n) is 3.67. The molecule has 3 rings (SSSR count). The topological polar surface area (TPSA) is 67.4 Å². The van der Waals surface area contributed by atoms with E-state index in [1.54, 1.807) is 18.2 Å². The lowest BCUT2D eigenvalue weighted by atomic mass is 10.2. The van der Waals surface area contributed by atoms with Gasteiger partial charge in [-0.2, -0.15) is 0 Å². The highest BCUT2D eigenvalue weighted by atomic mass is 16.5. The van der Waals surface area contributed by atoms with Crippen molar-refractivity contribution in [3.05, 3.63) is 54.1 Å². The van der Waals surface area contributed by atoms with Crippen LogP contribution in [0.1, 0.15) is 23.2 Å². The number of esters is 1. The molecule has 1 amide bonds. The van der Waals surface area contributed by atoms with Gasteiger partial charge in [-0.15, -0.1) is 0 Å². The van der Waals surface area contributed by atoms with Crippen molar-refractivity contribution >= 4 is 28.9 Å². The van der Waals surface area contributed by atoms with E-state index in [1.807, 2.05) is 30.3 Å². The molecule has 0 aromatic heterocycles. The predicted molar refractivity (Wildman–Crippen MR) is 88.9 cm³/mol. The molecule has 1 fully saturated rings. The molecule has 2 aromatic rings. The second kappa shape index (κ2) is 6.52. The lowest BCUT2D eigenvalue weighted by Gasteiger charge is -2.09. The Morgan fingerprint density at radius 1 is 1.00 bits per heavy atom. The van der Waals surface area contributed by atoms with E-state index in [-0.39, 0.29) is 17.8 Å². The number of nitrogens with one attached hydrogen (secondary N) is 2. The van der Waals surface area contributed by atoms with Crippen LogP contribution in [-0.2, 0) is 9.53 Å². The van der Waals surface area contributed by atoms with Gasteiger partial charge >= 0.3 is 5.97 Å². The number of hydrogen-bond acceptors (Lipinski definition) is 4. The van der Waals surface area contributed by atoms with Crippen molar-refractivity contribution in [3.8, 4) is 0 Å². The van der Waals surface area contributed by atoms with Crippen LogP contribution in [0.25, 0.3) is 0 Å². The van der Waals surface area contributed by atoms with Gasteiger partial charge in [0.1, 0.15) is 0 Å². The molecule has 0 aliphatic heterocycles. The Kier molecular flexibility index (Phi) is 4.28. The molecule has 23 heavy (non-hydrogen) atoms. The Bertz CT molecular complexity index is 721. The number of rotatable bonds is 5. The summed E-state index contributed by atoms with van der Waals surface area (Å²) in [7, 11) is 1.36. The van der Waals surface area contributed by atoms with E-state index in [9.17, 15) is 9.59 Å². The maximum Gasteiger partial charge on any atom is 0.337 e. The first kappa shape index (κ1) is 15.1. The normalized spacial score (nSPS) is 13.3. The van der Waals surface area contributed by atoms with Crippen LogP contribution in [0.15, 0.2) is 48.5 Å². The number of benzene rings is 2. The second-order valence-electron chi connectivity index (χ2n) is 5.54.